The van der Waals surface area contributed by atoms with E-state index in [0.717, 1.165) is 0 Å². The highest BCUT2D eigenvalue weighted by molar-refractivity contribution is 6.62. The van der Waals surface area contributed by atoms with E-state index in [2.05, 4.69) is 0 Å². The summed E-state index contributed by atoms with van der Waals surface area (Å²) in [6.07, 6.45) is 0.603. The number of carbonyl (C=O) groups is 1. The Morgan fingerprint density at radius 1 is 1.50 bits per heavy atom. The van der Waals surface area contributed by atoms with Crippen molar-refractivity contribution >= 4 is 12.7 Å². The van der Waals surface area contributed by atoms with Crippen LogP contribution in [0, 0.1) is 0 Å². The summed E-state index contributed by atoms with van der Waals surface area (Å²) in [6, 6.07) is 3.28. The van der Waals surface area contributed by atoms with Crippen LogP contribution < -0.4 is 9.39 Å². The average molecular weight is 251 g/mol. The zero-order valence-electron chi connectivity index (χ0n) is 9.66. The molecular weight excluding hydrogens is 239 g/mol. The molecule has 6 nitrogen and oxygen atoms in total. The molecule has 18 heavy (non-hydrogen) atoms. The summed E-state index contributed by atoms with van der Waals surface area (Å²) in [4.78, 5) is 11.3. The third-order valence-electron chi connectivity index (χ3n) is 3.67. The van der Waals surface area contributed by atoms with Gasteiger partial charge in [0, 0.05) is 0 Å². The monoisotopic (exact) mass is 251 g/mol. The standard InChI is InChI=1S/C11H12BO6/c1-17-8-3-2-5-6-4-7(6)12(15,16)18-10(5)9(8)11(13)14/h2-3,6-7,15-16H,4H2,1H3,(H,13,14)/q-1/t6-,7-/m0/s1. The third-order valence-corrected chi connectivity index (χ3v) is 3.67. The van der Waals surface area contributed by atoms with Crippen molar-refractivity contribution in [2.45, 2.75) is 18.2 Å². The van der Waals surface area contributed by atoms with E-state index < -0.39 is 12.7 Å². The van der Waals surface area contributed by atoms with Crippen molar-refractivity contribution in [1.29, 1.82) is 0 Å². The van der Waals surface area contributed by atoms with Gasteiger partial charge in [0.05, 0.1) is 12.9 Å². The molecule has 1 heterocycles. The van der Waals surface area contributed by atoms with Gasteiger partial charge in [0.25, 0.3) is 0 Å². The molecule has 0 aromatic heterocycles. The van der Waals surface area contributed by atoms with Gasteiger partial charge in [-0.15, -0.1) is 0 Å². The number of hydrogen-bond acceptors (Lipinski definition) is 5. The molecule has 0 bridgehead atoms. The van der Waals surface area contributed by atoms with Crippen molar-refractivity contribution in [1.82, 2.24) is 0 Å². The lowest BCUT2D eigenvalue weighted by molar-refractivity contribution is 0.0689. The predicted octanol–water partition coefficient (Wildman–Crippen LogP) is 0.567. The Morgan fingerprint density at radius 3 is 2.83 bits per heavy atom. The maximum absolute atomic E-state index is 11.3. The fourth-order valence-corrected chi connectivity index (χ4v) is 2.69. The number of fused-ring (bicyclic) bond motifs is 3. The van der Waals surface area contributed by atoms with Gasteiger partial charge in [-0.3, -0.25) is 0 Å². The van der Waals surface area contributed by atoms with E-state index in [-0.39, 0.29) is 28.8 Å². The van der Waals surface area contributed by atoms with E-state index in [1.54, 1.807) is 12.1 Å². The highest BCUT2D eigenvalue weighted by Gasteiger charge is 2.55. The summed E-state index contributed by atoms with van der Waals surface area (Å²) < 4.78 is 10.1. The second-order valence-corrected chi connectivity index (χ2v) is 4.75. The molecule has 1 aromatic rings. The van der Waals surface area contributed by atoms with Crippen LogP contribution in [-0.4, -0.2) is 35.0 Å². The summed E-state index contributed by atoms with van der Waals surface area (Å²) in [5.74, 6) is -1.41. The maximum Gasteiger partial charge on any atom is 0.434 e. The largest absolute Gasteiger partial charge is 0.669 e. The second-order valence-electron chi connectivity index (χ2n) is 4.75. The minimum Gasteiger partial charge on any atom is -0.669 e. The Kier molecular flexibility index (Phi) is 2.15. The Balaban J connectivity index is 2.20. The first-order valence-electron chi connectivity index (χ1n) is 5.68. The number of rotatable bonds is 2. The van der Waals surface area contributed by atoms with E-state index in [1.165, 1.54) is 7.11 Å². The van der Waals surface area contributed by atoms with Gasteiger partial charge in [0.15, 0.2) is 0 Å². The number of methoxy groups -OCH3 is 1. The lowest BCUT2D eigenvalue weighted by Gasteiger charge is -2.37. The van der Waals surface area contributed by atoms with Crippen molar-refractivity contribution in [3.05, 3.63) is 23.3 Å². The summed E-state index contributed by atoms with van der Waals surface area (Å²) in [6.45, 7) is -2.97. The number of ether oxygens (including phenoxy) is 1. The molecule has 3 N–H and O–H groups in total. The molecule has 2 atom stereocenters. The molecule has 0 unspecified atom stereocenters. The Bertz CT molecular complexity index is 541. The average Bonchev–Trinajstić information content (AvgIpc) is 3.07. The van der Waals surface area contributed by atoms with Crippen LogP contribution in [0.3, 0.4) is 0 Å². The number of carboxylic acids is 1. The van der Waals surface area contributed by atoms with Crippen molar-refractivity contribution in [2.75, 3.05) is 7.11 Å². The molecular formula is C11H12BO6-. The molecule has 7 heteroatoms. The van der Waals surface area contributed by atoms with Crippen LogP contribution in [0.25, 0.3) is 0 Å². The first kappa shape index (κ1) is 11.4. The van der Waals surface area contributed by atoms with E-state index in [1.807, 2.05) is 0 Å². The zero-order chi connectivity index (χ0) is 13.1. The van der Waals surface area contributed by atoms with Crippen molar-refractivity contribution in [2.24, 2.45) is 0 Å². The van der Waals surface area contributed by atoms with Gasteiger partial charge in [-0.2, -0.15) is 0 Å². The minimum absolute atomic E-state index is 0.0191. The van der Waals surface area contributed by atoms with E-state index >= 15 is 0 Å². The van der Waals surface area contributed by atoms with Crippen LogP contribution in [0.5, 0.6) is 11.5 Å². The Hall–Kier alpha value is -1.73. The first-order chi connectivity index (χ1) is 8.45. The lowest BCUT2D eigenvalue weighted by atomic mass is 9.68. The first-order valence-corrected chi connectivity index (χ1v) is 5.68. The lowest BCUT2D eigenvalue weighted by Crippen LogP contribution is -2.45. The normalized spacial score (nSPS) is 26.6. The van der Waals surface area contributed by atoms with Crippen molar-refractivity contribution in [3.63, 3.8) is 0 Å². The van der Waals surface area contributed by atoms with Gasteiger partial charge in [0.2, 0.25) is 0 Å². The topological polar surface area (TPSA) is 96.2 Å². The van der Waals surface area contributed by atoms with Crippen LogP contribution in [0.4, 0.5) is 0 Å². The SMILES string of the molecule is COc1ccc2c(c1C(=O)O)O[B-](O)(O)[C@H]1C[C@@H]21. The van der Waals surface area contributed by atoms with Crippen molar-refractivity contribution in [3.8, 4) is 11.5 Å². The summed E-state index contributed by atoms with van der Waals surface area (Å²) >= 11 is 0. The van der Waals surface area contributed by atoms with E-state index in [9.17, 15) is 19.9 Å². The maximum atomic E-state index is 11.3. The van der Waals surface area contributed by atoms with E-state index in [0.29, 0.717) is 12.0 Å². The molecule has 96 valence electrons. The van der Waals surface area contributed by atoms with Gasteiger partial charge in [-0.1, -0.05) is 18.3 Å². The van der Waals surface area contributed by atoms with Gasteiger partial charge < -0.3 is 24.5 Å². The molecule has 1 aromatic carbocycles. The quantitative estimate of drug-likeness (QED) is 0.665. The Labute approximate surface area is 103 Å². The van der Waals surface area contributed by atoms with Gasteiger partial charge >= 0.3 is 12.7 Å². The van der Waals surface area contributed by atoms with Gasteiger partial charge in [-0.05, 0) is 17.5 Å². The van der Waals surface area contributed by atoms with Crippen molar-refractivity contribution < 1.29 is 29.3 Å². The molecule has 1 aliphatic heterocycles. The fraction of sp³-hybridized carbons (Fsp3) is 0.364. The van der Waals surface area contributed by atoms with E-state index in [4.69, 9.17) is 9.39 Å². The highest BCUT2D eigenvalue weighted by atomic mass is 16.6. The number of carboxylic acid groups (broad SMARTS) is 1. The highest BCUT2D eigenvalue weighted by Crippen LogP contribution is 2.63. The zero-order valence-corrected chi connectivity index (χ0v) is 9.66. The molecule has 0 saturated heterocycles. The molecule has 1 fully saturated rings. The Morgan fingerprint density at radius 2 is 2.22 bits per heavy atom. The molecule has 0 amide bonds. The van der Waals surface area contributed by atoms with Crippen LogP contribution in [0.2, 0.25) is 5.82 Å². The summed E-state index contributed by atoms with van der Waals surface area (Å²) in [5, 5.41) is 28.7. The summed E-state index contributed by atoms with van der Waals surface area (Å²) in [5.41, 5.74) is 0.550. The number of hydrogen-bond donors (Lipinski definition) is 3. The van der Waals surface area contributed by atoms with Crippen LogP contribution >= 0.6 is 0 Å². The van der Waals surface area contributed by atoms with Crippen LogP contribution in [0.15, 0.2) is 12.1 Å². The van der Waals surface area contributed by atoms with Crippen LogP contribution in [-0.2, 0) is 0 Å². The van der Waals surface area contributed by atoms with Gasteiger partial charge in [-0.25, -0.2) is 4.79 Å². The summed E-state index contributed by atoms with van der Waals surface area (Å²) in [7, 11) is 1.35. The fourth-order valence-electron chi connectivity index (χ4n) is 2.69. The van der Waals surface area contributed by atoms with Crippen LogP contribution in [0.1, 0.15) is 28.3 Å². The molecule has 0 radical (unpaired) electrons. The molecule has 2 aliphatic rings. The smallest absolute Gasteiger partial charge is 0.434 e. The molecule has 1 aliphatic carbocycles. The third kappa shape index (κ3) is 1.41. The molecule has 3 rings (SSSR count). The second kappa shape index (κ2) is 3.40. The number of aromatic carboxylic acids is 1. The number of benzene rings is 1. The predicted molar refractivity (Wildman–Crippen MR) is 61.9 cm³/mol. The van der Waals surface area contributed by atoms with Gasteiger partial charge in [0.1, 0.15) is 11.3 Å². The minimum atomic E-state index is -2.97. The molecule has 1 saturated carbocycles. The molecule has 0 spiro atoms.